The summed E-state index contributed by atoms with van der Waals surface area (Å²) in [5.41, 5.74) is 6.49. The number of benzene rings is 1. The number of piperazine rings is 1. The summed E-state index contributed by atoms with van der Waals surface area (Å²) < 4.78 is 0.994. The molecule has 0 radical (unpaired) electrons. The van der Waals surface area contributed by atoms with Crippen molar-refractivity contribution in [2.24, 2.45) is 5.73 Å². The molecular formula is C12H15BrClN3O. The highest BCUT2D eigenvalue weighted by Crippen LogP contribution is 2.23. The van der Waals surface area contributed by atoms with Crippen LogP contribution in [-0.2, 0) is 11.3 Å². The van der Waals surface area contributed by atoms with Crippen LogP contribution in [0.4, 0.5) is 0 Å². The highest BCUT2D eigenvalue weighted by Gasteiger charge is 2.27. The number of nitrogens with zero attached hydrogens (tertiary/aromatic N) is 1. The Balaban J connectivity index is 2.15. The number of carbonyl (C=O) groups is 1. The number of nitrogens with one attached hydrogen (secondary N) is 1. The molecule has 2 rings (SSSR count). The lowest BCUT2D eigenvalue weighted by molar-refractivity contribution is -0.124. The summed E-state index contributed by atoms with van der Waals surface area (Å²) in [5, 5.41) is 3.87. The van der Waals surface area contributed by atoms with Crippen molar-refractivity contribution in [2.45, 2.75) is 12.6 Å². The van der Waals surface area contributed by atoms with Crippen molar-refractivity contribution in [3.63, 3.8) is 0 Å². The zero-order chi connectivity index (χ0) is 13.1. The zero-order valence-electron chi connectivity index (χ0n) is 9.83. The second-order valence-electron chi connectivity index (χ2n) is 4.33. The molecule has 1 heterocycles. The molecule has 0 aliphatic carbocycles. The standard InChI is InChI=1S/C12H15BrClN3O/c13-10-2-1-9(14)5-8(10)7-17-4-3-16-6-11(17)12(15)18/h1-2,5,11,16H,3-4,6-7H2,(H2,15,18). The minimum absolute atomic E-state index is 0.260. The summed E-state index contributed by atoms with van der Waals surface area (Å²) in [7, 11) is 0. The third kappa shape index (κ3) is 3.23. The molecule has 1 unspecified atom stereocenters. The SMILES string of the molecule is NC(=O)C1CNCCN1Cc1cc(Cl)ccc1Br. The summed E-state index contributed by atoms with van der Waals surface area (Å²) in [6.45, 7) is 2.93. The topological polar surface area (TPSA) is 58.4 Å². The van der Waals surface area contributed by atoms with E-state index in [1.54, 1.807) is 0 Å². The van der Waals surface area contributed by atoms with Gasteiger partial charge in [0.2, 0.25) is 5.91 Å². The first-order valence-corrected chi connectivity index (χ1v) is 6.93. The first-order chi connectivity index (χ1) is 8.58. The zero-order valence-corrected chi connectivity index (χ0v) is 12.2. The number of hydrogen-bond acceptors (Lipinski definition) is 3. The average Bonchev–Trinajstić information content (AvgIpc) is 2.34. The molecule has 1 aliphatic rings. The molecule has 3 N–H and O–H groups in total. The lowest BCUT2D eigenvalue weighted by Gasteiger charge is -2.34. The molecule has 1 saturated heterocycles. The van der Waals surface area contributed by atoms with Crippen molar-refractivity contribution in [1.29, 1.82) is 0 Å². The first kappa shape index (κ1) is 13.8. The molecule has 98 valence electrons. The summed E-state index contributed by atoms with van der Waals surface area (Å²) in [5.74, 6) is -0.291. The van der Waals surface area contributed by atoms with Gasteiger partial charge in [0.1, 0.15) is 6.04 Å². The Kier molecular flexibility index (Phi) is 4.61. The number of rotatable bonds is 3. The lowest BCUT2D eigenvalue weighted by atomic mass is 10.1. The van der Waals surface area contributed by atoms with Crippen LogP contribution in [0.2, 0.25) is 5.02 Å². The van der Waals surface area contributed by atoms with Crippen LogP contribution < -0.4 is 11.1 Å². The third-order valence-electron chi connectivity index (χ3n) is 3.06. The molecule has 0 aromatic heterocycles. The monoisotopic (exact) mass is 331 g/mol. The number of amides is 1. The largest absolute Gasteiger partial charge is 0.368 e. The van der Waals surface area contributed by atoms with E-state index in [0.717, 1.165) is 23.1 Å². The van der Waals surface area contributed by atoms with E-state index in [9.17, 15) is 4.79 Å². The third-order valence-corrected chi connectivity index (χ3v) is 4.07. The minimum Gasteiger partial charge on any atom is -0.368 e. The van der Waals surface area contributed by atoms with Gasteiger partial charge in [0.15, 0.2) is 0 Å². The van der Waals surface area contributed by atoms with Crippen LogP contribution in [0.3, 0.4) is 0 Å². The summed E-state index contributed by atoms with van der Waals surface area (Å²) >= 11 is 9.49. The van der Waals surface area contributed by atoms with Crippen LogP contribution in [0.1, 0.15) is 5.56 Å². The molecule has 1 aliphatic heterocycles. The van der Waals surface area contributed by atoms with E-state index in [4.69, 9.17) is 17.3 Å². The van der Waals surface area contributed by atoms with Crippen LogP contribution in [0.15, 0.2) is 22.7 Å². The van der Waals surface area contributed by atoms with E-state index in [1.165, 1.54) is 0 Å². The molecule has 1 amide bonds. The number of halogens is 2. The Morgan fingerprint density at radius 1 is 1.61 bits per heavy atom. The fourth-order valence-electron chi connectivity index (χ4n) is 2.10. The van der Waals surface area contributed by atoms with E-state index >= 15 is 0 Å². The van der Waals surface area contributed by atoms with Crippen LogP contribution in [0.5, 0.6) is 0 Å². The molecule has 6 heteroatoms. The molecule has 0 saturated carbocycles. The van der Waals surface area contributed by atoms with Crippen molar-refractivity contribution in [2.75, 3.05) is 19.6 Å². The maximum atomic E-state index is 11.4. The van der Waals surface area contributed by atoms with Gasteiger partial charge in [-0.3, -0.25) is 9.69 Å². The molecule has 4 nitrogen and oxygen atoms in total. The van der Waals surface area contributed by atoms with Crippen LogP contribution >= 0.6 is 27.5 Å². The van der Waals surface area contributed by atoms with E-state index in [1.807, 2.05) is 18.2 Å². The van der Waals surface area contributed by atoms with Gasteiger partial charge in [-0.05, 0) is 23.8 Å². The van der Waals surface area contributed by atoms with Crippen molar-refractivity contribution in [3.05, 3.63) is 33.3 Å². The number of nitrogens with two attached hydrogens (primary N) is 1. The highest BCUT2D eigenvalue weighted by atomic mass is 79.9. The molecule has 1 aromatic rings. The van der Waals surface area contributed by atoms with Gasteiger partial charge >= 0.3 is 0 Å². The number of hydrogen-bond donors (Lipinski definition) is 2. The fourth-order valence-corrected chi connectivity index (χ4v) is 2.67. The van der Waals surface area contributed by atoms with Crippen LogP contribution in [0, 0.1) is 0 Å². The van der Waals surface area contributed by atoms with E-state index < -0.39 is 0 Å². The van der Waals surface area contributed by atoms with Gasteiger partial charge < -0.3 is 11.1 Å². The van der Waals surface area contributed by atoms with Crippen molar-refractivity contribution >= 4 is 33.4 Å². The Hall–Kier alpha value is -0.620. The number of primary amides is 1. The van der Waals surface area contributed by atoms with Gasteiger partial charge in [-0.15, -0.1) is 0 Å². The second-order valence-corrected chi connectivity index (χ2v) is 5.62. The molecule has 1 fully saturated rings. The smallest absolute Gasteiger partial charge is 0.236 e. The predicted molar refractivity (Wildman–Crippen MR) is 75.4 cm³/mol. The maximum absolute atomic E-state index is 11.4. The Morgan fingerprint density at radius 2 is 2.39 bits per heavy atom. The normalized spacial score (nSPS) is 20.9. The molecule has 1 aromatic carbocycles. The van der Waals surface area contributed by atoms with E-state index in [0.29, 0.717) is 18.1 Å². The maximum Gasteiger partial charge on any atom is 0.236 e. The summed E-state index contributed by atoms with van der Waals surface area (Å²) in [6.07, 6.45) is 0. The average molecular weight is 333 g/mol. The van der Waals surface area contributed by atoms with Gasteiger partial charge in [-0.1, -0.05) is 27.5 Å². The first-order valence-electron chi connectivity index (χ1n) is 5.76. The lowest BCUT2D eigenvalue weighted by Crippen LogP contribution is -2.56. The van der Waals surface area contributed by atoms with Crippen LogP contribution in [-0.4, -0.2) is 36.5 Å². The minimum atomic E-state index is -0.291. The molecule has 0 spiro atoms. The molecule has 18 heavy (non-hydrogen) atoms. The Morgan fingerprint density at radius 3 is 3.11 bits per heavy atom. The van der Waals surface area contributed by atoms with Crippen molar-refractivity contribution < 1.29 is 4.79 Å². The van der Waals surface area contributed by atoms with Gasteiger partial charge in [0.05, 0.1) is 0 Å². The quantitative estimate of drug-likeness (QED) is 0.879. The predicted octanol–water partition coefficient (Wildman–Crippen LogP) is 1.36. The summed E-state index contributed by atoms with van der Waals surface area (Å²) in [4.78, 5) is 13.5. The van der Waals surface area contributed by atoms with Gasteiger partial charge in [-0.25, -0.2) is 0 Å². The van der Waals surface area contributed by atoms with Crippen molar-refractivity contribution in [3.8, 4) is 0 Å². The van der Waals surface area contributed by atoms with Gasteiger partial charge in [0, 0.05) is 35.7 Å². The van der Waals surface area contributed by atoms with E-state index in [2.05, 4.69) is 26.1 Å². The highest BCUT2D eigenvalue weighted by molar-refractivity contribution is 9.10. The molecule has 1 atom stereocenters. The van der Waals surface area contributed by atoms with E-state index in [-0.39, 0.29) is 11.9 Å². The molecular weight excluding hydrogens is 318 g/mol. The van der Waals surface area contributed by atoms with Crippen LogP contribution in [0.25, 0.3) is 0 Å². The van der Waals surface area contributed by atoms with Crippen molar-refractivity contribution in [1.82, 2.24) is 10.2 Å². The number of carbonyl (C=O) groups excluding carboxylic acids is 1. The Labute approximate surface area is 120 Å². The molecule has 0 bridgehead atoms. The fraction of sp³-hybridized carbons (Fsp3) is 0.417. The summed E-state index contributed by atoms with van der Waals surface area (Å²) in [6, 6.07) is 5.40. The second kappa shape index (κ2) is 6.02. The Bertz CT molecular complexity index is 455. The van der Waals surface area contributed by atoms with Gasteiger partial charge in [0.25, 0.3) is 0 Å². The van der Waals surface area contributed by atoms with Gasteiger partial charge in [-0.2, -0.15) is 0 Å².